The quantitative estimate of drug-likeness (QED) is 0.815. The normalized spacial score (nSPS) is 21.0. The van der Waals surface area contributed by atoms with E-state index < -0.39 is 0 Å². The molecule has 5 nitrogen and oxygen atoms in total. The van der Waals surface area contributed by atoms with Crippen LogP contribution in [0, 0.1) is 5.92 Å². The lowest BCUT2D eigenvalue weighted by molar-refractivity contribution is -0.143. The van der Waals surface area contributed by atoms with E-state index in [4.69, 9.17) is 4.74 Å². The molecule has 1 aromatic carbocycles. The Morgan fingerprint density at radius 1 is 1.26 bits per heavy atom. The number of piperidine rings is 1. The highest BCUT2D eigenvalue weighted by Gasteiger charge is 2.30. The second kappa shape index (κ2) is 8.67. The number of hydrogen-bond acceptors (Lipinski definition) is 4. The molecule has 1 fully saturated rings. The molecule has 1 aliphatic rings. The van der Waals surface area contributed by atoms with Crippen molar-refractivity contribution >= 4 is 11.9 Å². The Kier molecular flexibility index (Phi) is 6.59. The average Bonchev–Trinajstić information content (AvgIpc) is 2.59. The number of hydrogen-bond donors (Lipinski definition) is 1. The monoisotopic (exact) mass is 318 g/mol. The standard InChI is InChI=1S/C18H26N2O3/c1-3-17(21)20-12-15(10-18(22)23-2)9-16(13-20)19-11-14-7-5-4-6-8-14/h4-8,15-16,19H,3,9-13H2,1-2H3. The number of amides is 1. The van der Waals surface area contributed by atoms with E-state index in [0.717, 1.165) is 13.0 Å². The van der Waals surface area contributed by atoms with Crippen LogP contribution in [0.15, 0.2) is 30.3 Å². The zero-order chi connectivity index (χ0) is 16.7. The lowest BCUT2D eigenvalue weighted by Gasteiger charge is -2.38. The van der Waals surface area contributed by atoms with Gasteiger partial charge in [0.15, 0.2) is 0 Å². The molecule has 0 aromatic heterocycles. The fourth-order valence-corrected chi connectivity index (χ4v) is 3.10. The Morgan fingerprint density at radius 3 is 2.65 bits per heavy atom. The van der Waals surface area contributed by atoms with Crippen LogP contribution in [0.4, 0.5) is 0 Å². The Hall–Kier alpha value is -1.88. The summed E-state index contributed by atoms with van der Waals surface area (Å²) < 4.78 is 4.78. The van der Waals surface area contributed by atoms with Crippen molar-refractivity contribution in [1.29, 1.82) is 0 Å². The minimum atomic E-state index is -0.206. The van der Waals surface area contributed by atoms with Crippen molar-refractivity contribution in [3.05, 3.63) is 35.9 Å². The van der Waals surface area contributed by atoms with Gasteiger partial charge < -0.3 is 15.0 Å². The van der Waals surface area contributed by atoms with Crippen LogP contribution in [0.1, 0.15) is 31.7 Å². The van der Waals surface area contributed by atoms with E-state index >= 15 is 0 Å². The van der Waals surface area contributed by atoms with Gasteiger partial charge in [-0.1, -0.05) is 37.3 Å². The number of likely N-dealkylation sites (tertiary alicyclic amines) is 1. The van der Waals surface area contributed by atoms with Gasteiger partial charge in [-0.25, -0.2) is 0 Å². The number of nitrogens with one attached hydrogen (secondary N) is 1. The summed E-state index contributed by atoms with van der Waals surface area (Å²) in [7, 11) is 1.41. The van der Waals surface area contributed by atoms with Gasteiger partial charge in [-0.3, -0.25) is 9.59 Å². The molecule has 126 valence electrons. The Labute approximate surface area is 138 Å². The molecule has 5 heteroatoms. The van der Waals surface area contributed by atoms with Crippen LogP contribution >= 0.6 is 0 Å². The van der Waals surface area contributed by atoms with Crippen molar-refractivity contribution in [3.63, 3.8) is 0 Å². The molecule has 1 aliphatic heterocycles. The largest absolute Gasteiger partial charge is 0.469 e. The molecule has 2 atom stereocenters. The summed E-state index contributed by atoms with van der Waals surface area (Å²) in [4.78, 5) is 25.5. The predicted octanol–water partition coefficient (Wildman–Crippen LogP) is 1.97. The summed E-state index contributed by atoms with van der Waals surface area (Å²) in [6, 6.07) is 10.4. The molecule has 2 unspecified atom stereocenters. The van der Waals surface area contributed by atoms with Crippen LogP contribution in [0.3, 0.4) is 0 Å². The van der Waals surface area contributed by atoms with Crippen LogP contribution in [-0.4, -0.2) is 43.0 Å². The van der Waals surface area contributed by atoms with E-state index in [-0.39, 0.29) is 23.8 Å². The van der Waals surface area contributed by atoms with Gasteiger partial charge in [0, 0.05) is 32.1 Å². The summed E-state index contributed by atoms with van der Waals surface area (Å²) in [5.74, 6) is 0.0913. The van der Waals surface area contributed by atoms with Gasteiger partial charge in [-0.15, -0.1) is 0 Å². The Bertz CT molecular complexity index is 518. The van der Waals surface area contributed by atoms with Gasteiger partial charge in [-0.2, -0.15) is 0 Å². The van der Waals surface area contributed by atoms with E-state index in [2.05, 4.69) is 17.4 Å². The molecule has 0 saturated carbocycles. The predicted molar refractivity (Wildman–Crippen MR) is 88.7 cm³/mol. The van der Waals surface area contributed by atoms with Gasteiger partial charge in [0.2, 0.25) is 5.91 Å². The first-order valence-electron chi connectivity index (χ1n) is 8.24. The maximum absolute atomic E-state index is 12.1. The molecule has 0 aliphatic carbocycles. The molecular formula is C18H26N2O3. The molecule has 23 heavy (non-hydrogen) atoms. The number of nitrogens with zero attached hydrogens (tertiary/aromatic N) is 1. The van der Waals surface area contributed by atoms with E-state index in [1.807, 2.05) is 30.0 Å². The highest BCUT2D eigenvalue weighted by molar-refractivity contribution is 5.76. The van der Waals surface area contributed by atoms with Gasteiger partial charge in [0.25, 0.3) is 0 Å². The van der Waals surface area contributed by atoms with Gasteiger partial charge in [0.1, 0.15) is 0 Å². The molecule has 0 spiro atoms. The van der Waals surface area contributed by atoms with Crippen molar-refractivity contribution < 1.29 is 14.3 Å². The molecule has 2 rings (SSSR count). The molecule has 1 amide bonds. The van der Waals surface area contributed by atoms with E-state index in [9.17, 15) is 9.59 Å². The third kappa shape index (κ3) is 5.36. The summed E-state index contributed by atoms with van der Waals surface area (Å²) in [6.07, 6.45) is 1.75. The number of rotatable bonds is 6. The molecule has 1 N–H and O–H groups in total. The first-order chi connectivity index (χ1) is 11.1. The third-order valence-electron chi connectivity index (χ3n) is 4.31. The number of benzene rings is 1. The van der Waals surface area contributed by atoms with E-state index in [0.29, 0.717) is 25.9 Å². The second-order valence-corrected chi connectivity index (χ2v) is 6.10. The van der Waals surface area contributed by atoms with Crippen LogP contribution < -0.4 is 5.32 Å². The minimum Gasteiger partial charge on any atom is -0.469 e. The lowest BCUT2D eigenvalue weighted by Crippen LogP contribution is -2.51. The van der Waals surface area contributed by atoms with Crippen LogP contribution in [0.25, 0.3) is 0 Å². The highest BCUT2D eigenvalue weighted by Crippen LogP contribution is 2.21. The fourth-order valence-electron chi connectivity index (χ4n) is 3.10. The number of methoxy groups -OCH3 is 1. The minimum absolute atomic E-state index is 0.145. The molecule has 0 bridgehead atoms. The average molecular weight is 318 g/mol. The maximum Gasteiger partial charge on any atom is 0.305 e. The first-order valence-corrected chi connectivity index (χ1v) is 8.24. The van der Waals surface area contributed by atoms with E-state index in [1.165, 1.54) is 12.7 Å². The summed E-state index contributed by atoms with van der Waals surface area (Å²) in [6.45, 7) is 3.99. The second-order valence-electron chi connectivity index (χ2n) is 6.10. The third-order valence-corrected chi connectivity index (χ3v) is 4.31. The fraction of sp³-hybridized carbons (Fsp3) is 0.556. The number of ether oxygens (including phenoxy) is 1. The van der Waals surface area contributed by atoms with Crippen LogP contribution in [0.2, 0.25) is 0 Å². The van der Waals surface area contributed by atoms with Gasteiger partial charge >= 0.3 is 5.97 Å². The lowest BCUT2D eigenvalue weighted by atomic mass is 9.91. The first kappa shape index (κ1) is 17.5. The number of esters is 1. The Morgan fingerprint density at radius 2 is 2.00 bits per heavy atom. The van der Waals surface area contributed by atoms with Gasteiger partial charge in [-0.05, 0) is 17.9 Å². The topological polar surface area (TPSA) is 58.6 Å². The van der Waals surface area contributed by atoms with Crippen molar-refractivity contribution in [1.82, 2.24) is 10.2 Å². The smallest absolute Gasteiger partial charge is 0.305 e. The van der Waals surface area contributed by atoms with E-state index in [1.54, 1.807) is 0 Å². The van der Waals surface area contributed by atoms with Crippen molar-refractivity contribution in [2.45, 2.75) is 38.8 Å². The van der Waals surface area contributed by atoms with Gasteiger partial charge in [0.05, 0.1) is 13.5 Å². The van der Waals surface area contributed by atoms with Crippen molar-refractivity contribution in [2.24, 2.45) is 5.92 Å². The summed E-state index contributed by atoms with van der Waals surface area (Å²) >= 11 is 0. The molecule has 1 aromatic rings. The number of carbonyl (C=O) groups excluding carboxylic acids is 2. The molecule has 1 heterocycles. The number of carbonyl (C=O) groups is 2. The summed E-state index contributed by atoms with van der Waals surface area (Å²) in [5, 5.41) is 3.52. The SMILES string of the molecule is CCC(=O)N1CC(CC(=O)OC)CC(NCc2ccccc2)C1. The maximum atomic E-state index is 12.1. The highest BCUT2D eigenvalue weighted by atomic mass is 16.5. The Balaban J connectivity index is 1.96. The molecular weight excluding hydrogens is 292 g/mol. The zero-order valence-corrected chi connectivity index (χ0v) is 14.0. The molecule has 0 radical (unpaired) electrons. The zero-order valence-electron chi connectivity index (χ0n) is 14.0. The van der Waals surface area contributed by atoms with Crippen LogP contribution in [-0.2, 0) is 20.9 Å². The molecule has 1 saturated heterocycles. The summed E-state index contributed by atoms with van der Waals surface area (Å²) in [5.41, 5.74) is 1.22. The van der Waals surface area contributed by atoms with Crippen molar-refractivity contribution in [3.8, 4) is 0 Å². The van der Waals surface area contributed by atoms with Crippen molar-refractivity contribution in [2.75, 3.05) is 20.2 Å². The van der Waals surface area contributed by atoms with Crippen LogP contribution in [0.5, 0.6) is 0 Å².